The number of amides is 1. The Morgan fingerprint density at radius 3 is 2.36 bits per heavy atom. The van der Waals surface area contributed by atoms with Crippen molar-refractivity contribution in [3.63, 3.8) is 0 Å². The number of hydrogen-bond acceptors (Lipinski definition) is 3. The number of rotatable bonds is 5. The lowest BCUT2D eigenvalue weighted by molar-refractivity contribution is -0.133. The lowest BCUT2D eigenvalue weighted by atomic mass is 9.80. The maximum Gasteiger partial charge on any atom is 0.250 e. The minimum Gasteiger partial charge on any atom is -0.488 e. The van der Waals surface area contributed by atoms with Gasteiger partial charge in [0.15, 0.2) is 0 Å². The van der Waals surface area contributed by atoms with Crippen LogP contribution in [0.3, 0.4) is 0 Å². The molecule has 2 saturated carbocycles. The Balaban J connectivity index is 1.41. The summed E-state index contributed by atoms with van der Waals surface area (Å²) in [6.45, 7) is 7.59. The normalized spacial score (nSPS) is 19.8. The van der Waals surface area contributed by atoms with Crippen LogP contribution >= 0.6 is 0 Å². The zero-order chi connectivity index (χ0) is 23.1. The van der Waals surface area contributed by atoms with Gasteiger partial charge in [0, 0.05) is 17.8 Å². The molecule has 33 heavy (non-hydrogen) atoms. The largest absolute Gasteiger partial charge is 0.488 e. The SMILES string of the molecule is CC(C)(C)OC(=C1CC1)c1cccc(CN2CN(c3ccccc3)C3(CCCCC3)C2=O)c1. The molecule has 2 aromatic carbocycles. The van der Waals surface area contributed by atoms with Crippen molar-refractivity contribution in [1.82, 2.24) is 4.90 Å². The minimum atomic E-state index is -0.381. The van der Waals surface area contributed by atoms with E-state index < -0.39 is 0 Å². The molecule has 4 nitrogen and oxygen atoms in total. The average molecular weight is 445 g/mol. The fourth-order valence-corrected chi connectivity index (χ4v) is 5.42. The van der Waals surface area contributed by atoms with Gasteiger partial charge in [0.1, 0.15) is 16.9 Å². The van der Waals surface area contributed by atoms with Crippen LogP contribution in [0.1, 0.15) is 76.8 Å². The smallest absolute Gasteiger partial charge is 0.250 e. The molecule has 0 bridgehead atoms. The maximum absolute atomic E-state index is 13.8. The zero-order valence-corrected chi connectivity index (χ0v) is 20.3. The summed E-state index contributed by atoms with van der Waals surface area (Å²) in [4.78, 5) is 18.3. The molecule has 4 heteroatoms. The second-order valence-electron chi connectivity index (χ2n) is 10.8. The van der Waals surface area contributed by atoms with Gasteiger partial charge < -0.3 is 14.5 Å². The summed E-state index contributed by atoms with van der Waals surface area (Å²) >= 11 is 0. The highest BCUT2D eigenvalue weighted by molar-refractivity contribution is 5.93. The van der Waals surface area contributed by atoms with Crippen molar-refractivity contribution in [3.05, 3.63) is 71.3 Å². The molecule has 3 fully saturated rings. The highest BCUT2D eigenvalue weighted by atomic mass is 16.5. The highest BCUT2D eigenvalue weighted by Gasteiger charge is 2.52. The molecule has 1 heterocycles. The van der Waals surface area contributed by atoms with Gasteiger partial charge in [-0.2, -0.15) is 0 Å². The molecule has 0 atom stereocenters. The number of benzene rings is 2. The number of hydrogen-bond donors (Lipinski definition) is 0. The van der Waals surface area contributed by atoms with Gasteiger partial charge in [0.25, 0.3) is 0 Å². The van der Waals surface area contributed by atoms with Crippen molar-refractivity contribution in [2.45, 2.75) is 83.4 Å². The molecule has 0 radical (unpaired) electrons. The van der Waals surface area contributed by atoms with E-state index in [0.29, 0.717) is 19.1 Å². The van der Waals surface area contributed by atoms with Crippen LogP contribution in [0.2, 0.25) is 0 Å². The summed E-state index contributed by atoms with van der Waals surface area (Å²) in [6.07, 6.45) is 7.62. The minimum absolute atomic E-state index is 0.227. The first-order valence-corrected chi connectivity index (χ1v) is 12.5. The first kappa shape index (κ1) is 22.1. The molecule has 174 valence electrons. The van der Waals surface area contributed by atoms with Gasteiger partial charge in [-0.25, -0.2) is 0 Å². The molecule has 3 aliphatic rings. The quantitative estimate of drug-likeness (QED) is 0.493. The number of carbonyl (C=O) groups is 1. The number of nitrogens with zero attached hydrogens (tertiary/aromatic N) is 2. The maximum atomic E-state index is 13.8. The van der Waals surface area contributed by atoms with E-state index in [4.69, 9.17) is 4.74 Å². The number of carbonyl (C=O) groups excluding carboxylic acids is 1. The molecule has 1 spiro atoms. The van der Waals surface area contributed by atoms with Crippen molar-refractivity contribution in [2.24, 2.45) is 0 Å². The van der Waals surface area contributed by atoms with Gasteiger partial charge >= 0.3 is 0 Å². The Morgan fingerprint density at radius 1 is 0.970 bits per heavy atom. The number of allylic oxidation sites excluding steroid dienone is 1. The third-order valence-electron chi connectivity index (χ3n) is 7.05. The third-order valence-corrected chi connectivity index (χ3v) is 7.05. The number of ether oxygens (including phenoxy) is 1. The van der Waals surface area contributed by atoms with Crippen molar-refractivity contribution in [2.75, 3.05) is 11.6 Å². The van der Waals surface area contributed by atoms with Crippen LogP contribution in [0.15, 0.2) is 60.2 Å². The molecule has 1 saturated heterocycles. The Labute approximate surface area is 198 Å². The molecule has 1 amide bonds. The van der Waals surface area contributed by atoms with Gasteiger partial charge in [-0.3, -0.25) is 4.79 Å². The van der Waals surface area contributed by atoms with Crippen molar-refractivity contribution < 1.29 is 9.53 Å². The summed E-state index contributed by atoms with van der Waals surface area (Å²) in [7, 11) is 0. The summed E-state index contributed by atoms with van der Waals surface area (Å²) in [6, 6.07) is 19.1. The van der Waals surface area contributed by atoms with E-state index in [0.717, 1.165) is 61.1 Å². The Hall–Kier alpha value is -2.75. The van der Waals surface area contributed by atoms with E-state index in [9.17, 15) is 4.79 Å². The third kappa shape index (κ3) is 4.53. The van der Waals surface area contributed by atoms with Gasteiger partial charge in [-0.05, 0) is 75.8 Å². The number of para-hydroxylation sites is 1. The second-order valence-corrected chi connectivity index (χ2v) is 10.8. The van der Waals surface area contributed by atoms with Gasteiger partial charge in [-0.15, -0.1) is 0 Å². The van der Waals surface area contributed by atoms with Crippen LogP contribution < -0.4 is 4.90 Å². The van der Waals surface area contributed by atoms with Crippen molar-refractivity contribution >= 4 is 17.4 Å². The van der Waals surface area contributed by atoms with Crippen LogP contribution in [0.25, 0.3) is 5.76 Å². The second kappa shape index (κ2) is 8.55. The van der Waals surface area contributed by atoms with Crippen LogP contribution in [-0.2, 0) is 16.1 Å². The van der Waals surface area contributed by atoms with E-state index in [-0.39, 0.29) is 11.1 Å². The number of anilines is 1. The molecule has 2 aliphatic carbocycles. The van der Waals surface area contributed by atoms with Crippen LogP contribution in [0, 0.1) is 0 Å². The lowest BCUT2D eigenvalue weighted by Crippen LogP contribution is -2.50. The topological polar surface area (TPSA) is 32.8 Å². The Morgan fingerprint density at radius 2 is 1.70 bits per heavy atom. The predicted octanol–water partition coefficient (Wildman–Crippen LogP) is 6.52. The fraction of sp³-hybridized carbons (Fsp3) is 0.483. The van der Waals surface area contributed by atoms with Crippen LogP contribution in [-0.4, -0.2) is 28.6 Å². The summed E-state index contributed by atoms with van der Waals surface area (Å²) in [5.41, 5.74) is 4.24. The van der Waals surface area contributed by atoms with Gasteiger partial charge in [-0.1, -0.05) is 55.7 Å². The highest BCUT2D eigenvalue weighted by Crippen LogP contribution is 2.43. The summed E-state index contributed by atoms with van der Waals surface area (Å²) in [5.74, 6) is 1.33. The summed E-state index contributed by atoms with van der Waals surface area (Å²) in [5, 5.41) is 0. The predicted molar refractivity (Wildman–Crippen MR) is 134 cm³/mol. The van der Waals surface area contributed by atoms with E-state index >= 15 is 0 Å². The molecule has 0 N–H and O–H groups in total. The lowest BCUT2D eigenvalue weighted by Gasteiger charge is -2.39. The molecule has 2 aromatic rings. The molecule has 0 unspecified atom stereocenters. The molecule has 5 rings (SSSR count). The van der Waals surface area contributed by atoms with Crippen molar-refractivity contribution in [3.8, 4) is 0 Å². The van der Waals surface area contributed by atoms with Crippen LogP contribution in [0.4, 0.5) is 5.69 Å². The summed E-state index contributed by atoms with van der Waals surface area (Å²) < 4.78 is 6.35. The van der Waals surface area contributed by atoms with E-state index in [1.807, 2.05) is 6.07 Å². The molecule has 0 aromatic heterocycles. The molecule has 1 aliphatic heterocycles. The van der Waals surface area contributed by atoms with Crippen LogP contribution in [0.5, 0.6) is 0 Å². The Kier molecular flexibility index (Phi) is 5.72. The molecular formula is C29H36N2O2. The Bertz CT molecular complexity index is 1040. The van der Waals surface area contributed by atoms with Gasteiger partial charge in [0.05, 0.1) is 6.67 Å². The van der Waals surface area contributed by atoms with E-state index in [1.165, 1.54) is 12.0 Å². The zero-order valence-electron chi connectivity index (χ0n) is 20.3. The molecular weight excluding hydrogens is 408 g/mol. The van der Waals surface area contributed by atoms with Crippen molar-refractivity contribution in [1.29, 1.82) is 0 Å². The fourth-order valence-electron chi connectivity index (χ4n) is 5.42. The monoisotopic (exact) mass is 444 g/mol. The first-order valence-electron chi connectivity index (χ1n) is 12.5. The standard InChI is InChI=1S/C29H36N2O2/c1-28(2,3)33-26(23-15-16-23)24-12-10-11-22(19-24)20-30-21-31(25-13-6-4-7-14-25)29(27(30)32)17-8-5-9-18-29/h4,6-7,10-14,19H,5,8-9,15-18,20-21H2,1-3H3. The van der Waals surface area contributed by atoms with E-state index in [1.54, 1.807) is 0 Å². The van der Waals surface area contributed by atoms with E-state index in [2.05, 4.69) is 79.1 Å². The van der Waals surface area contributed by atoms with Gasteiger partial charge in [0.2, 0.25) is 5.91 Å². The average Bonchev–Trinajstić information content (AvgIpc) is 3.62. The first-order chi connectivity index (χ1) is 15.9.